The monoisotopic (exact) mass is 349 g/mol. The summed E-state index contributed by atoms with van der Waals surface area (Å²) in [5, 5.41) is 9.16. The minimum Gasteiger partial charge on any atom is -0.465 e. The van der Waals surface area contributed by atoms with Gasteiger partial charge in [0.15, 0.2) is 0 Å². The number of piperidine rings is 1. The zero-order valence-corrected chi connectivity index (χ0v) is 15.3. The van der Waals surface area contributed by atoms with Crippen LogP contribution in [0.5, 0.6) is 0 Å². The van der Waals surface area contributed by atoms with Gasteiger partial charge in [-0.15, -0.1) is 0 Å². The number of carboxylic acid groups (broad SMARTS) is 1. The second-order valence-electron chi connectivity index (χ2n) is 8.69. The van der Waals surface area contributed by atoms with Crippen molar-refractivity contribution in [1.29, 1.82) is 0 Å². The molecule has 140 valence electrons. The van der Waals surface area contributed by atoms with Crippen LogP contribution in [0.2, 0.25) is 0 Å². The van der Waals surface area contributed by atoms with Crippen LogP contribution in [-0.4, -0.2) is 76.1 Å². The summed E-state index contributed by atoms with van der Waals surface area (Å²) in [4.78, 5) is 29.8. The first-order valence-corrected chi connectivity index (χ1v) is 10.0. The summed E-state index contributed by atoms with van der Waals surface area (Å²) in [5.41, 5.74) is 0.262. The van der Waals surface area contributed by atoms with Crippen molar-refractivity contribution >= 4 is 12.0 Å². The van der Waals surface area contributed by atoms with Crippen LogP contribution in [0.4, 0.5) is 4.79 Å². The van der Waals surface area contributed by atoms with E-state index in [1.807, 2.05) is 0 Å². The molecule has 0 bridgehead atoms. The van der Waals surface area contributed by atoms with E-state index in [0.717, 1.165) is 71.0 Å². The summed E-state index contributed by atoms with van der Waals surface area (Å²) in [6.45, 7) is 5.82. The first-order chi connectivity index (χ1) is 12.0. The molecule has 0 aromatic carbocycles. The van der Waals surface area contributed by atoms with Gasteiger partial charge in [-0.1, -0.05) is 6.92 Å². The van der Waals surface area contributed by atoms with E-state index in [1.54, 1.807) is 4.90 Å². The summed E-state index contributed by atoms with van der Waals surface area (Å²) in [7, 11) is 0. The van der Waals surface area contributed by atoms with Crippen LogP contribution >= 0.6 is 0 Å². The summed E-state index contributed by atoms with van der Waals surface area (Å²) in [5.74, 6) is 0.368. The smallest absolute Gasteiger partial charge is 0.407 e. The van der Waals surface area contributed by atoms with Crippen molar-refractivity contribution in [2.75, 3.05) is 26.2 Å². The highest BCUT2D eigenvalue weighted by Crippen LogP contribution is 2.50. The molecular formula is C19H31N3O3. The molecule has 0 aromatic rings. The molecule has 4 rings (SSSR count). The maximum atomic E-state index is 12.2. The molecule has 25 heavy (non-hydrogen) atoms. The highest BCUT2D eigenvalue weighted by Gasteiger charge is 2.51. The van der Waals surface area contributed by atoms with Crippen molar-refractivity contribution in [2.24, 2.45) is 5.41 Å². The van der Waals surface area contributed by atoms with Crippen molar-refractivity contribution in [1.82, 2.24) is 14.7 Å². The molecule has 1 N–H and O–H groups in total. The molecule has 3 aliphatic heterocycles. The predicted molar refractivity (Wildman–Crippen MR) is 94.4 cm³/mol. The highest BCUT2D eigenvalue weighted by atomic mass is 16.4. The van der Waals surface area contributed by atoms with E-state index in [0.29, 0.717) is 30.6 Å². The molecule has 3 heterocycles. The van der Waals surface area contributed by atoms with E-state index < -0.39 is 6.09 Å². The summed E-state index contributed by atoms with van der Waals surface area (Å²) >= 11 is 0. The van der Waals surface area contributed by atoms with Crippen molar-refractivity contribution < 1.29 is 14.7 Å². The molecule has 0 unspecified atom stereocenters. The van der Waals surface area contributed by atoms with Crippen LogP contribution in [0.25, 0.3) is 0 Å². The molecule has 1 atom stereocenters. The largest absolute Gasteiger partial charge is 0.465 e. The molecule has 0 radical (unpaired) electrons. The zero-order valence-electron chi connectivity index (χ0n) is 15.3. The minimum atomic E-state index is -0.762. The van der Waals surface area contributed by atoms with Crippen LogP contribution in [-0.2, 0) is 4.79 Å². The third-order valence-corrected chi connectivity index (χ3v) is 7.30. The average Bonchev–Trinajstić information content (AvgIpc) is 3.18. The molecule has 0 aromatic heterocycles. The highest BCUT2D eigenvalue weighted by molar-refractivity contribution is 5.79. The molecule has 4 fully saturated rings. The number of hydrogen-bond donors (Lipinski definition) is 1. The zero-order chi connectivity index (χ0) is 17.6. The number of carbonyl (C=O) groups excluding carboxylic acids is 1. The van der Waals surface area contributed by atoms with Gasteiger partial charge in [-0.2, -0.15) is 0 Å². The Morgan fingerprint density at radius 1 is 1.16 bits per heavy atom. The van der Waals surface area contributed by atoms with Gasteiger partial charge in [0, 0.05) is 50.7 Å². The molecular weight excluding hydrogens is 318 g/mol. The van der Waals surface area contributed by atoms with Crippen LogP contribution in [0.15, 0.2) is 0 Å². The van der Waals surface area contributed by atoms with Crippen LogP contribution < -0.4 is 0 Å². The van der Waals surface area contributed by atoms with Crippen LogP contribution in [0, 0.1) is 5.41 Å². The van der Waals surface area contributed by atoms with Gasteiger partial charge in [0.1, 0.15) is 0 Å². The molecule has 6 heteroatoms. The number of rotatable bonds is 3. The standard InChI is InChI=1S/C19H31N3O3/c1-2-14-3-4-17(23)22(14)15-5-8-20(9-6-15)16-11-19(12-16)7-10-21(13-19)18(24)25/h14-16H,2-13H2,1H3,(H,24,25)/t14-,16?,19?/m1/s1. The van der Waals surface area contributed by atoms with Gasteiger partial charge in [-0.3, -0.25) is 4.79 Å². The van der Waals surface area contributed by atoms with Gasteiger partial charge in [0.05, 0.1) is 0 Å². The van der Waals surface area contributed by atoms with E-state index in [1.165, 1.54) is 0 Å². The number of likely N-dealkylation sites (tertiary alicyclic amines) is 3. The fraction of sp³-hybridized carbons (Fsp3) is 0.895. The van der Waals surface area contributed by atoms with Gasteiger partial charge < -0.3 is 19.8 Å². The van der Waals surface area contributed by atoms with Gasteiger partial charge in [-0.25, -0.2) is 4.79 Å². The fourth-order valence-electron chi connectivity index (χ4n) is 5.82. The Labute approximate surface area is 150 Å². The van der Waals surface area contributed by atoms with Crippen LogP contribution in [0.3, 0.4) is 0 Å². The number of amides is 2. The fourth-order valence-corrected chi connectivity index (χ4v) is 5.82. The normalized spacial score (nSPS) is 37.1. The van der Waals surface area contributed by atoms with Crippen molar-refractivity contribution in [3.05, 3.63) is 0 Å². The second kappa shape index (κ2) is 6.45. The second-order valence-corrected chi connectivity index (χ2v) is 8.69. The Balaban J connectivity index is 1.27. The summed E-state index contributed by atoms with van der Waals surface area (Å²) in [6.07, 6.45) is 7.65. The summed E-state index contributed by atoms with van der Waals surface area (Å²) in [6, 6.07) is 1.54. The average molecular weight is 349 g/mol. The molecule has 2 amide bonds. The molecule has 4 aliphatic rings. The summed E-state index contributed by atoms with van der Waals surface area (Å²) < 4.78 is 0. The third-order valence-electron chi connectivity index (χ3n) is 7.30. The minimum absolute atomic E-state index is 0.262. The van der Waals surface area contributed by atoms with Crippen molar-refractivity contribution in [3.8, 4) is 0 Å². The lowest BCUT2D eigenvalue weighted by Crippen LogP contribution is -2.56. The van der Waals surface area contributed by atoms with E-state index in [4.69, 9.17) is 5.11 Å². The Morgan fingerprint density at radius 3 is 2.48 bits per heavy atom. The third kappa shape index (κ3) is 3.03. The number of hydrogen-bond acceptors (Lipinski definition) is 3. The number of carbonyl (C=O) groups is 2. The molecule has 1 saturated carbocycles. The van der Waals surface area contributed by atoms with Gasteiger partial charge in [-0.05, 0) is 50.4 Å². The molecule has 1 aliphatic carbocycles. The van der Waals surface area contributed by atoms with E-state index in [-0.39, 0.29) is 5.41 Å². The molecule has 1 spiro atoms. The Kier molecular flexibility index (Phi) is 4.42. The van der Waals surface area contributed by atoms with Gasteiger partial charge in [0.25, 0.3) is 0 Å². The molecule has 6 nitrogen and oxygen atoms in total. The van der Waals surface area contributed by atoms with Crippen molar-refractivity contribution in [3.63, 3.8) is 0 Å². The van der Waals surface area contributed by atoms with E-state index in [2.05, 4.69) is 16.7 Å². The quantitative estimate of drug-likeness (QED) is 0.850. The first-order valence-electron chi connectivity index (χ1n) is 10.0. The maximum absolute atomic E-state index is 12.2. The predicted octanol–water partition coefficient (Wildman–Crippen LogP) is 2.38. The van der Waals surface area contributed by atoms with Crippen LogP contribution in [0.1, 0.15) is 58.3 Å². The topological polar surface area (TPSA) is 64.1 Å². The Bertz CT molecular complexity index is 538. The van der Waals surface area contributed by atoms with E-state index in [9.17, 15) is 9.59 Å². The van der Waals surface area contributed by atoms with Gasteiger partial charge in [0.2, 0.25) is 5.91 Å². The maximum Gasteiger partial charge on any atom is 0.407 e. The number of nitrogens with zero attached hydrogens (tertiary/aromatic N) is 3. The first kappa shape index (κ1) is 17.1. The Morgan fingerprint density at radius 2 is 1.88 bits per heavy atom. The lowest BCUT2D eigenvalue weighted by Gasteiger charge is -2.52. The Hall–Kier alpha value is -1.30. The lowest BCUT2D eigenvalue weighted by atomic mass is 9.64. The van der Waals surface area contributed by atoms with Gasteiger partial charge >= 0.3 is 6.09 Å². The van der Waals surface area contributed by atoms with E-state index >= 15 is 0 Å². The SMILES string of the molecule is CC[C@@H]1CCC(=O)N1C1CCN(C2CC3(CCN(C(=O)O)C3)C2)CC1. The lowest BCUT2D eigenvalue weighted by molar-refractivity contribution is -0.132. The molecule has 3 saturated heterocycles. The van der Waals surface area contributed by atoms with Crippen molar-refractivity contribution in [2.45, 2.75) is 76.4 Å².